The Kier molecular flexibility index (Phi) is 4.71. The average molecular weight is 357 g/mol. The summed E-state index contributed by atoms with van der Waals surface area (Å²) in [5, 5.41) is 13.9. The van der Waals surface area contributed by atoms with Crippen molar-refractivity contribution >= 4 is 40.1 Å². The van der Waals surface area contributed by atoms with Crippen LogP contribution in [-0.2, 0) is 4.79 Å². The molecular weight excluding hydrogens is 342 g/mol. The van der Waals surface area contributed by atoms with E-state index in [0.717, 1.165) is 28.6 Å². The van der Waals surface area contributed by atoms with E-state index >= 15 is 0 Å². The molecule has 3 rings (SSSR count). The molecule has 0 fully saturated rings. The second-order valence-corrected chi connectivity index (χ2v) is 6.45. The van der Waals surface area contributed by atoms with Gasteiger partial charge in [-0.05, 0) is 43.2 Å². The van der Waals surface area contributed by atoms with Gasteiger partial charge in [-0.15, -0.1) is 0 Å². The van der Waals surface area contributed by atoms with Crippen LogP contribution in [0.4, 0.5) is 11.4 Å². The lowest BCUT2D eigenvalue weighted by Gasteiger charge is -2.06. The van der Waals surface area contributed by atoms with Gasteiger partial charge in [-0.3, -0.25) is 14.9 Å². The number of anilines is 1. The van der Waals surface area contributed by atoms with Crippen LogP contribution in [0, 0.1) is 24.0 Å². The van der Waals surface area contributed by atoms with Gasteiger partial charge in [0, 0.05) is 17.8 Å². The van der Waals surface area contributed by atoms with Gasteiger partial charge >= 0.3 is 0 Å². The Balaban J connectivity index is 1.64. The second kappa shape index (κ2) is 6.94. The van der Waals surface area contributed by atoms with E-state index in [1.54, 1.807) is 0 Å². The van der Waals surface area contributed by atoms with Crippen LogP contribution in [-0.4, -0.2) is 21.6 Å². The molecule has 8 heteroatoms. The molecule has 0 atom stereocenters. The van der Waals surface area contributed by atoms with Crippen molar-refractivity contribution in [2.45, 2.75) is 19.1 Å². The molecule has 1 heterocycles. The number of aromatic nitrogens is 1. The average Bonchev–Trinajstić information content (AvgIpc) is 2.98. The third-order valence-electron chi connectivity index (χ3n) is 3.68. The Bertz CT molecular complexity index is 968. The molecule has 128 valence electrons. The number of aryl methyl sites for hydroxylation is 2. The summed E-state index contributed by atoms with van der Waals surface area (Å²) in [6.07, 6.45) is 0. The summed E-state index contributed by atoms with van der Waals surface area (Å²) in [5.74, 6) is -0.0524. The van der Waals surface area contributed by atoms with Gasteiger partial charge in [-0.2, -0.15) is 0 Å². The Morgan fingerprint density at radius 2 is 2.04 bits per heavy atom. The fraction of sp³-hybridized carbons (Fsp3) is 0.176. The lowest BCUT2D eigenvalue weighted by Crippen LogP contribution is -2.14. The fourth-order valence-corrected chi connectivity index (χ4v) is 2.85. The molecule has 0 aliphatic rings. The number of thioether (sulfide) groups is 1. The minimum atomic E-state index is -0.488. The maximum Gasteiger partial charge on any atom is 0.271 e. The number of hydrogen-bond acceptors (Lipinski definition) is 6. The van der Waals surface area contributed by atoms with E-state index in [1.807, 2.05) is 32.0 Å². The molecule has 0 spiro atoms. The van der Waals surface area contributed by atoms with Gasteiger partial charge < -0.3 is 9.73 Å². The molecule has 3 aromatic rings. The fourth-order valence-electron chi connectivity index (χ4n) is 2.21. The number of benzene rings is 2. The first-order valence-corrected chi connectivity index (χ1v) is 8.46. The number of carbonyl (C=O) groups excluding carboxylic acids is 1. The summed E-state index contributed by atoms with van der Waals surface area (Å²) in [7, 11) is 0. The van der Waals surface area contributed by atoms with E-state index in [2.05, 4.69) is 10.3 Å². The van der Waals surface area contributed by atoms with Crippen molar-refractivity contribution in [1.29, 1.82) is 0 Å². The summed E-state index contributed by atoms with van der Waals surface area (Å²) >= 11 is 1.14. The Morgan fingerprint density at radius 1 is 1.24 bits per heavy atom. The van der Waals surface area contributed by atoms with Crippen LogP contribution in [0.15, 0.2) is 46.0 Å². The zero-order chi connectivity index (χ0) is 18.0. The predicted molar refractivity (Wildman–Crippen MR) is 95.9 cm³/mol. The molecule has 0 bridgehead atoms. The van der Waals surface area contributed by atoms with E-state index in [9.17, 15) is 14.9 Å². The number of carbonyl (C=O) groups is 1. The lowest BCUT2D eigenvalue weighted by atomic mass is 10.1. The zero-order valence-corrected chi connectivity index (χ0v) is 14.4. The quantitative estimate of drug-likeness (QED) is 0.420. The van der Waals surface area contributed by atoms with Crippen molar-refractivity contribution in [3.8, 4) is 0 Å². The number of non-ortho nitro benzene ring substituents is 1. The summed E-state index contributed by atoms with van der Waals surface area (Å²) in [6, 6.07) is 9.91. The van der Waals surface area contributed by atoms with Gasteiger partial charge in [-0.25, -0.2) is 4.98 Å². The molecule has 0 saturated heterocycles. The van der Waals surface area contributed by atoms with Gasteiger partial charge in [0.25, 0.3) is 10.9 Å². The molecule has 0 aliphatic heterocycles. The molecule has 0 saturated carbocycles. The zero-order valence-electron chi connectivity index (χ0n) is 13.6. The Hall–Kier alpha value is -2.87. The van der Waals surface area contributed by atoms with Crippen LogP contribution in [0.2, 0.25) is 0 Å². The van der Waals surface area contributed by atoms with Crippen LogP contribution in [0.5, 0.6) is 0 Å². The number of nitro benzene ring substituents is 1. The van der Waals surface area contributed by atoms with Crippen molar-refractivity contribution in [2.75, 3.05) is 11.1 Å². The molecule has 0 radical (unpaired) electrons. The minimum absolute atomic E-state index is 0.0511. The third kappa shape index (κ3) is 3.97. The predicted octanol–water partition coefficient (Wildman–Crippen LogP) is 4.08. The van der Waals surface area contributed by atoms with Crippen molar-refractivity contribution in [1.82, 2.24) is 4.98 Å². The van der Waals surface area contributed by atoms with Crippen molar-refractivity contribution < 1.29 is 14.1 Å². The van der Waals surface area contributed by atoms with E-state index in [0.29, 0.717) is 16.3 Å². The van der Waals surface area contributed by atoms with E-state index in [1.165, 1.54) is 18.2 Å². The normalized spacial score (nSPS) is 10.8. The molecular formula is C17H15N3O4S. The van der Waals surface area contributed by atoms with E-state index in [4.69, 9.17) is 4.42 Å². The van der Waals surface area contributed by atoms with Crippen LogP contribution < -0.4 is 5.32 Å². The second-order valence-electron chi connectivity index (χ2n) is 5.52. The number of nitrogens with zero attached hydrogens (tertiary/aromatic N) is 2. The minimum Gasteiger partial charge on any atom is -0.431 e. The Morgan fingerprint density at radius 3 is 2.76 bits per heavy atom. The summed E-state index contributed by atoms with van der Waals surface area (Å²) in [4.78, 5) is 26.5. The first kappa shape index (κ1) is 17.0. The number of nitrogens with one attached hydrogen (secondary N) is 1. The lowest BCUT2D eigenvalue weighted by molar-refractivity contribution is -0.384. The number of nitro groups is 1. The smallest absolute Gasteiger partial charge is 0.271 e. The van der Waals surface area contributed by atoms with Gasteiger partial charge in [0.1, 0.15) is 5.52 Å². The van der Waals surface area contributed by atoms with Gasteiger partial charge in [0.05, 0.1) is 10.7 Å². The summed E-state index contributed by atoms with van der Waals surface area (Å²) < 4.78 is 5.49. The monoisotopic (exact) mass is 357 g/mol. The first-order valence-electron chi connectivity index (χ1n) is 7.47. The van der Waals surface area contributed by atoms with E-state index < -0.39 is 4.92 Å². The van der Waals surface area contributed by atoms with Crippen molar-refractivity contribution in [3.63, 3.8) is 0 Å². The molecule has 1 amide bonds. The standard InChI is InChI=1S/C17H15N3O4S/c1-10-3-4-12(7-11(10)2)18-16(21)9-25-17-19-14-8-13(20(22)23)5-6-15(14)24-17/h3-8H,9H2,1-2H3,(H,18,21). The number of amides is 1. The van der Waals surface area contributed by atoms with Crippen molar-refractivity contribution in [2.24, 2.45) is 0 Å². The number of rotatable bonds is 5. The highest BCUT2D eigenvalue weighted by molar-refractivity contribution is 7.99. The van der Waals surface area contributed by atoms with Crippen LogP contribution in [0.1, 0.15) is 11.1 Å². The SMILES string of the molecule is Cc1ccc(NC(=O)CSc2nc3cc([N+](=O)[O-])ccc3o2)cc1C. The van der Waals surface area contributed by atoms with Crippen LogP contribution >= 0.6 is 11.8 Å². The van der Waals surface area contributed by atoms with Crippen LogP contribution in [0.25, 0.3) is 11.1 Å². The number of hydrogen-bond donors (Lipinski definition) is 1. The molecule has 25 heavy (non-hydrogen) atoms. The highest BCUT2D eigenvalue weighted by Gasteiger charge is 2.13. The van der Waals surface area contributed by atoms with Gasteiger partial charge in [0.15, 0.2) is 5.58 Å². The molecule has 0 unspecified atom stereocenters. The van der Waals surface area contributed by atoms with Gasteiger partial charge in [-0.1, -0.05) is 17.8 Å². The maximum absolute atomic E-state index is 12.0. The topological polar surface area (TPSA) is 98.3 Å². The molecule has 2 aromatic carbocycles. The third-order valence-corrected chi connectivity index (χ3v) is 4.51. The number of fused-ring (bicyclic) bond motifs is 1. The highest BCUT2D eigenvalue weighted by Crippen LogP contribution is 2.26. The molecule has 1 N–H and O–H groups in total. The largest absolute Gasteiger partial charge is 0.431 e. The van der Waals surface area contributed by atoms with Crippen molar-refractivity contribution in [3.05, 3.63) is 57.6 Å². The molecule has 1 aromatic heterocycles. The summed E-state index contributed by atoms with van der Waals surface area (Å²) in [5.41, 5.74) is 3.79. The molecule has 7 nitrogen and oxygen atoms in total. The van der Waals surface area contributed by atoms with Crippen LogP contribution in [0.3, 0.4) is 0 Å². The molecule has 0 aliphatic carbocycles. The first-order chi connectivity index (χ1) is 11.9. The number of oxazole rings is 1. The Labute approximate surface area is 147 Å². The van der Waals surface area contributed by atoms with Gasteiger partial charge in [0.2, 0.25) is 5.91 Å². The highest BCUT2D eigenvalue weighted by atomic mass is 32.2. The van der Waals surface area contributed by atoms with E-state index in [-0.39, 0.29) is 17.3 Å². The summed E-state index contributed by atoms with van der Waals surface area (Å²) in [6.45, 7) is 3.99. The maximum atomic E-state index is 12.0.